The van der Waals surface area contributed by atoms with E-state index >= 15 is 0 Å². The van der Waals surface area contributed by atoms with Crippen LogP contribution >= 0.6 is 0 Å². The predicted molar refractivity (Wildman–Crippen MR) is 68.7 cm³/mol. The molecule has 98 valence electrons. The van der Waals surface area contributed by atoms with Crippen molar-refractivity contribution in [3.63, 3.8) is 0 Å². The molecule has 1 aliphatic rings. The number of carbonyl (C=O) groups is 1. The van der Waals surface area contributed by atoms with Crippen LogP contribution in [0.5, 0.6) is 0 Å². The number of rotatable bonds is 6. The number of aliphatic hydroxyl groups is 1. The van der Waals surface area contributed by atoms with Crippen molar-refractivity contribution in [1.29, 1.82) is 0 Å². The van der Waals surface area contributed by atoms with Gasteiger partial charge in [-0.3, -0.25) is 9.69 Å². The maximum Gasteiger partial charge on any atom is 0.237 e. The summed E-state index contributed by atoms with van der Waals surface area (Å²) in [4.78, 5) is 14.0. The van der Waals surface area contributed by atoms with Gasteiger partial charge in [0.15, 0.2) is 0 Å². The second kappa shape index (κ2) is 7.45. The van der Waals surface area contributed by atoms with Gasteiger partial charge in [-0.15, -0.1) is 6.58 Å². The van der Waals surface area contributed by atoms with Crippen LogP contribution in [0, 0.1) is 5.92 Å². The van der Waals surface area contributed by atoms with Crippen molar-refractivity contribution >= 4 is 5.91 Å². The zero-order chi connectivity index (χ0) is 12.7. The van der Waals surface area contributed by atoms with E-state index < -0.39 is 0 Å². The number of amides is 1. The first-order chi connectivity index (χ1) is 8.19. The molecule has 1 rings (SSSR count). The van der Waals surface area contributed by atoms with E-state index in [1.54, 1.807) is 6.08 Å². The van der Waals surface area contributed by atoms with E-state index in [0.717, 1.165) is 32.4 Å². The Morgan fingerprint density at radius 2 is 2.47 bits per heavy atom. The molecule has 2 unspecified atom stereocenters. The lowest BCUT2D eigenvalue weighted by molar-refractivity contribution is -0.126. The van der Waals surface area contributed by atoms with Crippen LogP contribution in [0.25, 0.3) is 0 Å². The van der Waals surface area contributed by atoms with Gasteiger partial charge in [0.05, 0.1) is 6.04 Å². The topological polar surface area (TPSA) is 52.6 Å². The highest BCUT2D eigenvalue weighted by atomic mass is 16.3. The molecule has 0 radical (unpaired) electrons. The van der Waals surface area contributed by atoms with Crippen molar-refractivity contribution in [2.24, 2.45) is 5.92 Å². The third-order valence-electron chi connectivity index (χ3n) is 3.44. The van der Waals surface area contributed by atoms with Crippen LogP contribution < -0.4 is 5.32 Å². The first kappa shape index (κ1) is 14.2. The molecular weight excluding hydrogens is 216 g/mol. The summed E-state index contributed by atoms with van der Waals surface area (Å²) in [5.41, 5.74) is 0. The summed E-state index contributed by atoms with van der Waals surface area (Å²) in [5.74, 6) is 0.595. The number of nitrogens with zero attached hydrogens (tertiary/aromatic N) is 1. The number of likely N-dealkylation sites (tertiary alicyclic amines) is 1. The van der Waals surface area contributed by atoms with Crippen LogP contribution in [-0.4, -0.2) is 48.2 Å². The van der Waals surface area contributed by atoms with Crippen molar-refractivity contribution in [3.8, 4) is 0 Å². The molecule has 0 aromatic rings. The molecule has 0 spiro atoms. The van der Waals surface area contributed by atoms with Crippen LogP contribution in [0.1, 0.15) is 26.2 Å². The second-order valence-corrected chi connectivity index (χ2v) is 4.73. The Morgan fingerprint density at radius 3 is 3.12 bits per heavy atom. The van der Waals surface area contributed by atoms with E-state index in [0.29, 0.717) is 12.5 Å². The number of piperidine rings is 1. The number of carbonyl (C=O) groups excluding carboxylic acids is 1. The van der Waals surface area contributed by atoms with Gasteiger partial charge in [0, 0.05) is 19.7 Å². The van der Waals surface area contributed by atoms with Gasteiger partial charge in [0.1, 0.15) is 0 Å². The summed E-state index contributed by atoms with van der Waals surface area (Å²) in [5, 5.41) is 11.8. The van der Waals surface area contributed by atoms with Gasteiger partial charge >= 0.3 is 0 Å². The van der Waals surface area contributed by atoms with Crippen LogP contribution in [0.4, 0.5) is 0 Å². The van der Waals surface area contributed by atoms with E-state index in [1.807, 2.05) is 6.92 Å². The highest BCUT2D eigenvalue weighted by Gasteiger charge is 2.26. The van der Waals surface area contributed by atoms with E-state index in [9.17, 15) is 4.79 Å². The molecule has 1 amide bonds. The van der Waals surface area contributed by atoms with Crippen molar-refractivity contribution in [1.82, 2.24) is 10.2 Å². The SMILES string of the molecule is C=CCNC(=O)C(C)N1CCCC(CCO)C1. The largest absolute Gasteiger partial charge is 0.396 e. The highest BCUT2D eigenvalue weighted by molar-refractivity contribution is 5.81. The second-order valence-electron chi connectivity index (χ2n) is 4.73. The van der Waals surface area contributed by atoms with Gasteiger partial charge < -0.3 is 10.4 Å². The molecule has 2 atom stereocenters. The molecule has 0 aromatic heterocycles. The Morgan fingerprint density at radius 1 is 1.71 bits per heavy atom. The molecule has 2 N–H and O–H groups in total. The standard InChI is InChI=1S/C13H24N2O2/c1-3-7-14-13(17)11(2)15-8-4-5-12(10-15)6-9-16/h3,11-12,16H,1,4-10H2,2H3,(H,14,17). The summed E-state index contributed by atoms with van der Waals surface area (Å²) in [6.45, 7) is 8.20. The van der Waals surface area contributed by atoms with Crippen molar-refractivity contribution in [3.05, 3.63) is 12.7 Å². The molecule has 0 aromatic carbocycles. The lowest BCUT2D eigenvalue weighted by atomic mass is 9.94. The fourth-order valence-electron chi connectivity index (χ4n) is 2.35. The van der Waals surface area contributed by atoms with Crippen LogP contribution in [0.3, 0.4) is 0 Å². The Bertz CT molecular complexity index is 254. The average Bonchev–Trinajstić information content (AvgIpc) is 2.35. The normalized spacial score (nSPS) is 23.1. The Labute approximate surface area is 104 Å². The van der Waals surface area contributed by atoms with Crippen LogP contribution in [0.15, 0.2) is 12.7 Å². The van der Waals surface area contributed by atoms with Gasteiger partial charge in [-0.1, -0.05) is 6.08 Å². The molecule has 0 saturated carbocycles. The van der Waals surface area contributed by atoms with E-state index in [2.05, 4.69) is 16.8 Å². The average molecular weight is 240 g/mol. The highest BCUT2D eigenvalue weighted by Crippen LogP contribution is 2.20. The van der Waals surface area contributed by atoms with Gasteiger partial charge in [0.2, 0.25) is 5.91 Å². The van der Waals surface area contributed by atoms with Gasteiger partial charge in [-0.2, -0.15) is 0 Å². The number of nitrogens with one attached hydrogen (secondary N) is 1. The smallest absolute Gasteiger partial charge is 0.237 e. The molecule has 1 heterocycles. The van der Waals surface area contributed by atoms with E-state index in [1.165, 1.54) is 0 Å². The van der Waals surface area contributed by atoms with Crippen molar-refractivity contribution in [2.45, 2.75) is 32.2 Å². The minimum atomic E-state index is -0.0866. The van der Waals surface area contributed by atoms with Gasteiger partial charge in [-0.25, -0.2) is 0 Å². The molecule has 0 aliphatic carbocycles. The molecule has 1 aliphatic heterocycles. The summed E-state index contributed by atoms with van der Waals surface area (Å²) in [7, 11) is 0. The Balaban J connectivity index is 2.42. The maximum atomic E-state index is 11.8. The molecule has 4 heteroatoms. The number of aliphatic hydroxyl groups excluding tert-OH is 1. The van der Waals surface area contributed by atoms with E-state index in [-0.39, 0.29) is 18.6 Å². The fourth-order valence-corrected chi connectivity index (χ4v) is 2.35. The minimum Gasteiger partial charge on any atom is -0.396 e. The summed E-state index contributed by atoms with van der Waals surface area (Å²) >= 11 is 0. The van der Waals surface area contributed by atoms with Crippen LogP contribution in [0.2, 0.25) is 0 Å². The molecule has 17 heavy (non-hydrogen) atoms. The quantitative estimate of drug-likeness (QED) is 0.674. The third kappa shape index (κ3) is 4.48. The molecule has 0 bridgehead atoms. The predicted octanol–water partition coefficient (Wildman–Crippen LogP) is 0.771. The first-order valence-corrected chi connectivity index (χ1v) is 6.42. The zero-order valence-electron chi connectivity index (χ0n) is 10.7. The first-order valence-electron chi connectivity index (χ1n) is 6.42. The Kier molecular flexibility index (Phi) is 6.22. The number of hydrogen-bond donors (Lipinski definition) is 2. The lowest BCUT2D eigenvalue weighted by Gasteiger charge is -2.35. The minimum absolute atomic E-state index is 0.0644. The van der Waals surface area contributed by atoms with Gasteiger partial charge in [0.25, 0.3) is 0 Å². The summed E-state index contributed by atoms with van der Waals surface area (Å²) in [6.07, 6.45) is 4.81. The van der Waals surface area contributed by atoms with E-state index in [4.69, 9.17) is 5.11 Å². The van der Waals surface area contributed by atoms with Crippen molar-refractivity contribution < 1.29 is 9.90 Å². The zero-order valence-corrected chi connectivity index (χ0v) is 10.7. The number of hydrogen-bond acceptors (Lipinski definition) is 3. The summed E-state index contributed by atoms with van der Waals surface area (Å²) in [6, 6.07) is -0.0866. The summed E-state index contributed by atoms with van der Waals surface area (Å²) < 4.78 is 0. The molecule has 4 nitrogen and oxygen atoms in total. The maximum absolute atomic E-state index is 11.8. The molecule has 1 saturated heterocycles. The van der Waals surface area contributed by atoms with Crippen molar-refractivity contribution in [2.75, 3.05) is 26.2 Å². The molecular formula is C13H24N2O2. The molecule has 1 fully saturated rings. The lowest BCUT2D eigenvalue weighted by Crippen LogP contribution is -2.49. The monoisotopic (exact) mass is 240 g/mol. The Hall–Kier alpha value is -0.870. The fraction of sp³-hybridized carbons (Fsp3) is 0.769. The third-order valence-corrected chi connectivity index (χ3v) is 3.44. The van der Waals surface area contributed by atoms with Crippen LogP contribution in [-0.2, 0) is 4.79 Å². The van der Waals surface area contributed by atoms with Gasteiger partial charge in [-0.05, 0) is 38.6 Å².